The Morgan fingerprint density at radius 1 is 1.37 bits per heavy atom. The lowest BCUT2D eigenvalue weighted by molar-refractivity contribution is -0.146. The van der Waals surface area contributed by atoms with E-state index >= 15 is 0 Å². The van der Waals surface area contributed by atoms with Crippen molar-refractivity contribution in [1.82, 2.24) is 4.31 Å². The molecule has 0 saturated carbocycles. The van der Waals surface area contributed by atoms with Gasteiger partial charge in [-0.05, 0) is 24.3 Å². The van der Waals surface area contributed by atoms with Gasteiger partial charge >= 0.3 is 5.97 Å². The van der Waals surface area contributed by atoms with E-state index in [-0.39, 0.29) is 24.7 Å². The summed E-state index contributed by atoms with van der Waals surface area (Å²) in [5, 5.41) is 9.47. The van der Waals surface area contributed by atoms with Crippen LogP contribution in [0.15, 0.2) is 29.2 Å². The minimum atomic E-state index is -3.86. The molecule has 1 unspecified atom stereocenters. The molecule has 1 heterocycles. The summed E-state index contributed by atoms with van der Waals surface area (Å²) in [6.07, 6.45) is 0. The molecule has 1 aliphatic heterocycles. The molecular formula is C11H12ClNO5S. The number of carbonyl (C=O) groups is 1. The van der Waals surface area contributed by atoms with Gasteiger partial charge in [0.25, 0.3) is 0 Å². The van der Waals surface area contributed by atoms with Crippen molar-refractivity contribution in [2.75, 3.05) is 19.8 Å². The second-order valence-electron chi connectivity index (χ2n) is 4.00. The Labute approximate surface area is 115 Å². The van der Waals surface area contributed by atoms with Crippen LogP contribution in [0.25, 0.3) is 0 Å². The number of aliphatic carboxylic acids is 1. The molecule has 2 rings (SSSR count). The Morgan fingerprint density at radius 2 is 2.00 bits per heavy atom. The molecule has 19 heavy (non-hydrogen) atoms. The minimum Gasteiger partial charge on any atom is -0.480 e. The first-order chi connectivity index (χ1) is 8.93. The summed E-state index contributed by atoms with van der Waals surface area (Å²) in [6.45, 7) is 0.0423. The van der Waals surface area contributed by atoms with Crippen molar-refractivity contribution >= 4 is 27.6 Å². The second-order valence-corrected chi connectivity index (χ2v) is 6.33. The van der Waals surface area contributed by atoms with Gasteiger partial charge in [-0.1, -0.05) is 11.6 Å². The number of rotatable bonds is 3. The van der Waals surface area contributed by atoms with Crippen LogP contribution >= 0.6 is 11.6 Å². The van der Waals surface area contributed by atoms with Gasteiger partial charge in [-0.15, -0.1) is 0 Å². The molecule has 0 amide bonds. The highest BCUT2D eigenvalue weighted by Crippen LogP contribution is 2.22. The minimum absolute atomic E-state index is 0.0158. The van der Waals surface area contributed by atoms with Gasteiger partial charge in [-0.25, -0.2) is 8.42 Å². The van der Waals surface area contributed by atoms with E-state index in [9.17, 15) is 13.2 Å². The van der Waals surface area contributed by atoms with E-state index in [4.69, 9.17) is 21.4 Å². The third-order valence-electron chi connectivity index (χ3n) is 2.78. The van der Waals surface area contributed by atoms with Crippen molar-refractivity contribution in [2.24, 2.45) is 0 Å². The number of ether oxygens (including phenoxy) is 1. The van der Waals surface area contributed by atoms with E-state index in [0.717, 1.165) is 4.31 Å². The molecule has 0 spiro atoms. The van der Waals surface area contributed by atoms with Crippen molar-refractivity contribution in [1.29, 1.82) is 0 Å². The van der Waals surface area contributed by atoms with Gasteiger partial charge in [0.2, 0.25) is 10.0 Å². The van der Waals surface area contributed by atoms with Crippen molar-refractivity contribution in [2.45, 2.75) is 10.9 Å². The molecule has 1 N–H and O–H groups in total. The standard InChI is InChI=1S/C11H12ClNO5S/c12-8-1-3-9(4-2-8)19(16,17)13-5-6-18-7-10(13)11(14)15/h1-4,10H,5-7H2,(H,14,15). The Balaban J connectivity index is 2.37. The summed E-state index contributed by atoms with van der Waals surface area (Å²) in [5.41, 5.74) is 0. The first-order valence-electron chi connectivity index (χ1n) is 5.51. The number of morpholine rings is 1. The van der Waals surface area contributed by atoms with Crippen LogP contribution < -0.4 is 0 Å². The van der Waals surface area contributed by atoms with E-state index in [1.807, 2.05) is 0 Å². The predicted molar refractivity (Wildman–Crippen MR) is 67.6 cm³/mol. The highest BCUT2D eigenvalue weighted by molar-refractivity contribution is 7.89. The molecule has 0 aliphatic carbocycles. The number of halogens is 1. The van der Waals surface area contributed by atoms with Gasteiger partial charge in [0.15, 0.2) is 0 Å². The molecule has 1 aromatic rings. The van der Waals surface area contributed by atoms with Crippen molar-refractivity contribution < 1.29 is 23.1 Å². The number of hydrogen-bond donors (Lipinski definition) is 1. The zero-order chi connectivity index (χ0) is 14.0. The SMILES string of the molecule is O=C(O)C1COCCN1S(=O)(=O)c1ccc(Cl)cc1. The highest BCUT2D eigenvalue weighted by Gasteiger charge is 2.38. The largest absolute Gasteiger partial charge is 0.480 e. The molecule has 8 heteroatoms. The fourth-order valence-corrected chi connectivity index (χ4v) is 3.49. The van der Waals surface area contributed by atoms with E-state index in [1.54, 1.807) is 0 Å². The third-order valence-corrected chi connectivity index (χ3v) is 4.96. The lowest BCUT2D eigenvalue weighted by atomic mass is 10.3. The summed E-state index contributed by atoms with van der Waals surface area (Å²) in [6, 6.07) is 4.40. The molecule has 1 aromatic carbocycles. The maximum absolute atomic E-state index is 12.4. The second kappa shape index (κ2) is 5.46. The highest BCUT2D eigenvalue weighted by atomic mass is 35.5. The zero-order valence-electron chi connectivity index (χ0n) is 9.82. The number of nitrogens with zero attached hydrogens (tertiary/aromatic N) is 1. The topological polar surface area (TPSA) is 83.9 Å². The maximum Gasteiger partial charge on any atom is 0.324 e. The summed E-state index contributed by atoms with van der Waals surface area (Å²) in [4.78, 5) is 11.1. The van der Waals surface area contributed by atoms with Crippen molar-refractivity contribution in [3.63, 3.8) is 0 Å². The number of sulfonamides is 1. The molecular weight excluding hydrogens is 294 g/mol. The average Bonchev–Trinajstić information content (AvgIpc) is 2.39. The quantitative estimate of drug-likeness (QED) is 0.893. The number of carboxylic acid groups (broad SMARTS) is 1. The van der Waals surface area contributed by atoms with Crippen LogP contribution in [0.4, 0.5) is 0 Å². The Bertz CT molecular complexity index is 571. The van der Waals surface area contributed by atoms with Crippen LogP contribution in [-0.2, 0) is 19.6 Å². The van der Waals surface area contributed by atoms with Gasteiger partial charge in [-0.3, -0.25) is 4.79 Å². The molecule has 0 aromatic heterocycles. The summed E-state index contributed by atoms with van der Waals surface area (Å²) < 4.78 is 30.7. The van der Waals surface area contributed by atoms with Crippen LogP contribution in [0.1, 0.15) is 0 Å². The Morgan fingerprint density at radius 3 is 2.58 bits per heavy atom. The first-order valence-corrected chi connectivity index (χ1v) is 7.32. The molecule has 0 radical (unpaired) electrons. The first kappa shape index (κ1) is 14.3. The number of benzene rings is 1. The van der Waals surface area contributed by atoms with Gasteiger partial charge in [0, 0.05) is 11.6 Å². The smallest absolute Gasteiger partial charge is 0.324 e. The van der Waals surface area contributed by atoms with Crippen LogP contribution in [0, 0.1) is 0 Å². The number of hydrogen-bond acceptors (Lipinski definition) is 4. The molecule has 0 bridgehead atoms. The van der Waals surface area contributed by atoms with E-state index in [0.29, 0.717) is 5.02 Å². The fraction of sp³-hybridized carbons (Fsp3) is 0.364. The van der Waals surface area contributed by atoms with Gasteiger partial charge < -0.3 is 9.84 Å². The van der Waals surface area contributed by atoms with E-state index in [1.165, 1.54) is 24.3 Å². The molecule has 1 saturated heterocycles. The summed E-state index contributed by atoms with van der Waals surface area (Å²) in [7, 11) is -3.86. The maximum atomic E-state index is 12.4. The van der Waals surface area contributed by atoms with E-state index < -0.39 is 22.0 Å². The van der Waals surface area contributed by atoms with Gasteiger partial charge in [0.05, 0.1) is 18.1 Å². The lowest BCUT2D eigenvalue weighted by Crippen LogP contribution is -2.52. The summed E-state index contributed by atoms with van der Waals surface area (Å²) >= 11 is 5.70. The zero-order valence-corrected chi connectivity index (χ0v) is 11.4. The third kappa shape index (κ3) is 2.89. The normalized spacial score (nSPS) is 21.2. The van der Waals surface area contributed by atoms with Crippen LogP contribution in [0.3, 0.4) is 0 Å². The van der Waals surface area contributed by atoms with Crippen LogP contribution in [0.5, 0.6) is 0 Å². The van der Waals surface area contributed by atoms with Crippen LogP contribution in [0.2, 0.25) is 5.02 Å². The molecule has 104 valence electrons. The average molecular weight is 306 g/mol. The molecule has 1 atom stereocenters. The molecule has 1 aliphatic rings. The van der Waals surface area contributed by atoms with Crippen molar-refractivity contribution in [3.8, 4) is 0 Å². The lowest BCUT2D eigenvalue weighted by Gasteiger charge is -2.31. The Kier molecular flexibility index (Phi) is 4.10. The fourth-order valence-electron chi connectivity index (χ4n) is 1.81. The van der Waals surface area contributed by atoms with E-state index in [2.05, 4.69) is 0 Å². The molecule has 6 nitrogen and oxygen atoms in total. The molecule has 1 fully saturated rings. The monoisotopic (exact) mass is 305 g/mol. The Hall–Kier alpha value is -1.15. The van der Waals surface area contributed by atoms with Gasteiger partial charge in [0.1, 0.15) is 6.04 Å². The summed E-state index contributed by atoms with van der Waals surface area (Å²) in [5.74, 6) is -1.22. The number of carboxylic acids is 1. The van der Waals surface area contributed by atoms with Gasteiger partial charge in [-0.2, -0.15) is 4.31 Å². The predicted octanol–water partition coefficient (Wildman–Crippen LogP) is 0.814. The van der Waals surface area contributed by atoms with Crippen LogP contribution in [-0.4, -0.2) is 49.6 Å². The van der Waals surface area contributed by atoms with Crippen molar-refractivity contribution in [3.05, 3.63) is 29.3 Å².